The first kappa shape index (κ1) is 16.8. The molecule has 1 aromatic rings. The van der Waals surface area contributed by atoms with Gasteiger partial charge in [-0.3, -0.25) is 0 Å². The number of nitrogens with two attached hydrogens (primary N) is 1. The molecule has 0 aromatic heterocycles. The first-order chi connectivity index (χ1) is 9.07. The summed E-state index contributed by atoms with van der Waals surface area (Å²) in [5, 5.41) is 8.92. The SMILES string of the molecule is NCC(CO)Cc1cc(C(F)(F)F)cc(C(F)(F)F)c1. The first-order valence-electron chi connectivity index (χ1n) is 5.67. The van der Waals surface area contributed by atoms with E-state index in [2.05, 4.69) is 0 Å². The second-order valence-corrected chi connectivity index (χ2v) is 4.40. The van der Waals surface area contributed by atoms with Crippen molar-refractivity contribution in [2.24, 2.45) is 11.7 Å². The molecule has 0 saturated heterocycles. The molecule has 1 rings (SSSR count). The van der Waals surface area contributed by atoms with E-state index in [1.165, 1.54) is 0 Å². The molecule has 0 aliphatic carbocycles. The van der Waals surface area contributed by atoms with E-state index in [9.17, 15) is 26.3 Å². The molecule has 1 aromatic carbocycles. The zero-order valence-corrected chi connectivity index (χ0v) is 10.2. The Bertz CT molecular complexity index is 418. The molecule has 0 bridgehead atoms. The summed E-state index contributed by atoms with van der Waals surface area (Å²) in [5.74, 6) is -0.584. The van der Waals surface area contributed by atoms with Crippen LogP contribution in [0.3, 0.4) is 0 Å². The van der Waals surface area contributed by atoms with Gasteiger partial charge >= 0.3 is 12.4 Å². The summed E-state index contributed by atoms with van der Waals surface area (Å²) < 4.78 is 75.6. The summed E-state index contributed by atoms with van der Waals surface area (Å²) >= 11 is 0. The van der Waals surface area contributed by atoms with Crippen molar-refractivity contribution in [1.29, 1.82) is 0 Å². The van der Waals surface area contributed by atoms with Crippen molar-refractivity contribution in [3.63, 3.8) is 0 Å². The third-order valence-electron chi connectivity index (χ3n) is 2.76. The second-order valence-electron chi connectivity index (χ2n) is 4.40. The van der Waals surface area contributed by atoms with E-state index >= 15 is 0 Å². The highest BCUT2D eigenvalue weighted by molar-refractivity contribution is 5.34. The maximum absolute atomic E-state index is 12.6. The third kappa shape index (κ3) is 4.38. The third-order valence-corrected chi connectivity index (χ3v) is 2.76. The molecule has 2 nitrogen and oxygen atoms in total. The number of aliphatic hydroxyl groups is 1. The van der Waals surface area contributed by atoms with Crippen LogP contribution in [-0.4, -0.2) is 18.3 Å². The van der Waals surface area contributed by atoms with Crippen molar-refractivity contribution in [3.05, 3.63) is 34.9 Å². The van der Waals surface area contributed by atoms with Crippen molar-refractivity contribution in [2.45, 2.75) is 18.8 Å². The summed E-state index contributed by atoms with van der Waals surface area (Å²) in [6.07, 6.45) is -9.89. The summed E-state index contributed by atoms with van der Waals surface area (Å²) in [4.78, 5) is 0. The number of aliphatic hydroxyl groups excluding tert-OH is 1. The highest BCUT2D eigenvalue weighted by atomic mass is 19.4. The maximum Gasteiger partial charge on any atom is 0.416 e. The molecule has 1 atom stereocenters. The lowest BCUT2D eigenvalue weighted by atomic mass is 9.96. The highest BCUT2D eigenvalue weighted by Crippen LogP contribution is 2.36. The molecule has 1 unspecified atom stereocenters. The van der Waals surface area contributed by atoms with Crippen molar-refractivity contribution in [2.75, 3.05) is 13.2 Å². The van der Waals surface area contributed by atoms with Crippen LogP contribution >= 0.6 is 0 Å². The standard InChI is InChI=1S/C12H13F6NO/c13-11(14,15)9-2-7(1-8(5-19)6-20)3-10(4-9)12(16,17)18/h2-4,8,20H,1,5-6,19H2. The molecule has 0 spiro atoms. The number of rotatable bonds is 4. The van der Waals surface area contributed by atoms with E-state index in [0.717, 1.165) is 0 Å². The van der Waals surface area contributed by atoms with Crippen molar-refractivity contribution < 1.29 is 31.4 Å². The monoisotopic (exact) mass is 301 g/mol. The van der Waals surface area contributed by atoms with Crippen LogP contribution in [0, 0.1) is 5.92 Å². The van der Waals surface area contributed by atoms with Crippen molar-refractivity contribution in [3.8, 4) is 0 Å². The Morgan fingerprint density at radius 3 is 1.70 bits per heavy atom. The van der Waals surface area contributed by atoms with Crippen LogP contribution in [0.4, 0.5) is 26.3 Å². The fraction of sp³-hybridized carbons (Fsp3) is 0.500. The molecule has 0 saturated carbocycles. The van der Waals surface area contributed by atoms with Gasteiger partial charge in [-0.1, -0.05) is 0 Å². The minimum atomic E-state index is -4.87. The zero-order chi connectivity index (χ0) is 15.6. The Morgan fingerprint density at radius 1 is 0.950 bits per heavy atom. The van der Waals surface area contributed by atoms with Crippen molar-refractivity contribution >= 4 is 0 Å². The van der Waals surface area contributed by atoms with Gasteiger partial charge in [0, 0.05) is 6.61 Å². The van der Waals surface area contributed by atoms with Gasteiger partial charge in [-0.25, -0.2) is 0 Å². The lowest BCUT2D eigenvalue weighted by molar-refractivity contribution is -0.143. The minimum Gasteiger partial charge on any atom is -0.396 e. The molecule has 0 aliphatic rings. The van der Waals surface area contributed by atoms with Gasteiger partial charge in [-0.2, -0.15) is 26.3 Å². The summed E-state index contributed by atoms with van der Waals surface area (Å²) in [5.41, 5.74) is 2.39. The average molecular weight is 301 g/mol. The molecule has 0 aliphatic heterocycles. The van der Waals surface area contributed by atoms with E-state index in [1.54, 1.807) is 0 Å². The Morgan fingerprint density at radius 2 is 1.40 bits per heavy atom. The predicted octanol–water partition coefficient (Wildman–Crippen LogP) is 2.83. The van der Waals surface area contributed by atoms with Crippen LogP contribution in [0.15, 0.2) is 18.2 Å². The van der Waals surface area contributed by atoms with Crippen LogP contribution in [0.2, 0.25) is 0 Å². The molecule has 0 heterocycles. The molecular formula is C12H13F6NO. The largest absolute Gasteiger partial charge is 0.416 e. The number of hydrogen-bond acceptors (Lipinski definition) is 2. The van der Waals surface area contributed by atoms with Gasteiger partial charge in [-0.05, 0) is 42.6 Å². The molecule has 3 N–H and O–H groups in total. The van der Waals surface area contributed by atoms with Crippen molar-refractivity contribution in [1.82, 2.24) is 0 Å². The fourth-order valence-electron chi connectivity index (χ4n) is 1.69. The summed E-state index contributed by atoms with van der Waals surface area (Å²) in [7, 11) is 0. The van der Waals surface area contributed by atoms with Gasteiger partial charge in [0.05, 0.1) is 11.1 Å². The lowest BCUT2D eigenvalue weighted by Gasteiger charge is -2.16. The van der Waals surface area contributed by atoms with Gasteiger partial charge in [0.1, 0.15) is 0 Å². The fourth-order valence-corrected chi connectivity index (χ4v) is 1.69. The Kier molecular flexibility index (Phi) is 5.04. The van der Waals surface area contributed by atoms with E-state index in [0.29, 0.717) is 12.1 Å². The molecule has 0 amide bonds. The average Bonchev–Trinajstić information content (AvgIpc) is 2.33. The molecular weight excluding hydrogens is 288 g/mol. The molecule has 8 heteroatoms. The van der Waals surface area contributed by atoms with E-state index in [1.807, 2.05) is 0 Å². The summed E-state index contributed by atoms with van der Waals surface area (Å²) in [6, 6.07) is 1.36. The second kappa shape index (κ2) is 6.01. The van der Waals surface area contributed by atoms with Gasteiger partial charge < -0.3 is 10.8 Å². The predicted molar refractivity (Wildman–Crippen MR) is 59.8 cm³/mol. The first-order valence-corrected chi connectivity index (χ1v) is 5.67. The number of hydrogen-bond donors (Lipinski definition) is 2. The topological polar surface area (TPSA) is 46.2 Å². The number of halogens is 6. The van der Waals surface area contributed by atoms with E-state index in [-0.39, 0.29) is 24.6 Å². The Balaban J connectivity index is 3.24. The highest BCUT2D eigenvalue weighted by Gasteiger charge is 2.36. The van der Waals surface area contributed by atoms with Crippen LogP contribution in [0.1, 0.15) is 16.7 Å². The van der Waals surface area contributed by atoms with E-state index in [4.69, 9.17) is 10.8 Å². The minimum absolute atomic E-state index is 0.0336. The molecule has 20 heavy (non-hydrogen) atoms. The van der Waals surface area contributed by atoms with E-state index < -0.39 is 36.0 Å². The number of alkyl halides is 6. The van der Waals surface area contributed by atoms with Crippen LogP contribution in [-0.2, 0) is 18.8 Å². The maximum atomic E-state index is 12.6. The van der Waals surface area contributed by atoms with Crippen LogP contribution < -0.4 is 5.73 Å². The summed E-state index contributed by atoms with van der Waals surface area (Å²) in [6.45, 7) is -0.442. The Labute approximate surface area is 111 Å². The molecule has 0 radical (unpaired) electrons. The lowest BCUT2D eigenvalue weighted by Crippen LogP contribution is -2.21. The molecule has 114 valence electrons. The Hall–Kier alpha value is -1.28. The van der Waals surface area contributed by atoms with Gasteiger partial charge in [-0.15, -0.1) is 0 Å². The number of benzene rings is 1. The van der Waals surface area contributed by atoms with Crippen LogP contribution in [0.25, 0.3) is 0 Å². The smallest absolute Gasteiger partial charge is 0.396 e. The zero-order valence-electron chi connectivity index (χ0n) is 10.2. The van der Waals surface area contributed by atoms with Gasteiger partial charge in [0.2, 0.25) is 0 Å². The van der Waals surface area contributed by atoms with Gasteiger partial charge in [0.25, 0.3) is 0 Å². The van der Waals surface area contributed by atoms with Crippen LogP contribution in [0.5, 0.6) is 0 Å². The van der Waals surface area contributed by atoms with Gasteiger partial charge in [0.15, 0.2) is 0 Å². The normalized spacial score (nSPS) is 14.4. The quantitative estimate of drug-likeness (QED) is 0.840. The molecule has 0 fully saturated rings.